The Labute approximate surface area is 94.6 Å². The van der Waals surface area contributed by atoms with Crippen molar-refractivity contribution in [2.75, 3.05) is 0 Å². The van der Waals surface area contributed by atoms with Gasteiger partial charge in [0.25, 0.3) is 0 Å². The van der Waals surface area contributed by atoms with Gasteiger partial charge in [-0.2, -0.15) is 0 Å². The largest absolute Gasteiger partial charge is 0.368 e. The lowest BCUT2D eigenvalue weighted by atomic mass is 10.2. The van der Waals surface area contributed by atoms with E-state index in [0.717, 1.165) is 4.47 Å². The van der Waals surface area contributed by atoms with Gasteiger partial charge >= 0.3 is 0 Å². The molecule has 14 heavy (non-hydrogen) atoms. The lowest BCUT2D eigenvalue weighted by molar-refractivity contribution is 0.400. The molecule has 1 aromatic rings. The normalized spacial score (nSPS) is 26.3. The second kappa shape index (κ2) is 3.47. The molecule has 1 fully saturated rings. The van der Waals surface area contributed by atoms with Crippen molar-refractivity contribution in [3.8, 4) is 0 Å². The van der Waals surface area contributed by atoms with E-state index in [9.17, 15) is 0 Å². The van der Waals surface area contributed by atoms with Gasteiger partial charge in [0.15, 0.2) is 0 Å². The van der Waals surface area contributed by atoms with Gasteiger partial charge in [0, 0.05) is 4.47 Å². The topological polar surface area (TPSA) is 12.5 Å². The molecule has 0 radical (unpaired) electrons. The number of ether oxygens (including phenoxy) is 1. The van der Waals surface area contributed by atoms with Crippen molar-refractivity contribution in [1.82, 2.24) is 0 Å². The number of benzene rings is 1. The number of halogens is 1. The van der Waals surface area contributed by atoms with Gasteiger partial charge in [0.05, 0.1) is 13.8 Å². The number of rotatable bonds is 2. The molecule has 76 valence electrons. The zero-order valence-electron chi connectivity index (χ0n) is 8.75. The van der Waals surface area contributed by atoms with E-state index in [0.29, 0.717) is 11.8 Å². The highest BCUT2D eigenvalue weighted by Crippen LogP contribution is 2.44. The Hall–Kier alpha value is -0.123. The molecule has 1 aliphatic rings. The molecule has 2 rings (SSSR count). The quantitative estimate of drug-likeness (QED) is 0.589. The van der Waals surface area contributed by atoms with Crippen LogP contribution in [0.2, 0.25) is 19.6 Å². The van der Waals surface area contributed by atoms with Gasteiger partial charge in [-0.25, -0.2) is 0 Å². The summed E-state index contributed by atoms with van der Waals surface area (Å²) in [5.41, 5.74) is 1.84. The molecule has 0 aliphatic carbocycles. The van der Waals surface area contributed by atoms with Gasteiger partial charge in [-0.3, -0.25) is 0 Å². The maximum absolute atomic E-state index is 5.75. The van der Waals surface area contributed by atoms with Crippen molar-refractivity contribution in [1.29, 1.82) is 0 Å². The molecule has 0 spiro atoms. The highest BCUT2D eigenvalue weighted by atomic mass is 79.9. The predicted molar refractivity (Wildman–Crippen MR) is 65.1 cm³/mol. The summed E-state index contributed by atoms with van der Waals surface area (Å²) in [5.74, 6) is 0. The highest BCUT2D eigenvalue weighted by Gasteiger charge is 2.48. The molecular weight excluding hydrogens is 256 g/mol. The molecular formula is C11H15BrOSi. The summed E-state index contributed by atoms with van der Waals surface area (Å²) in [7, 11) is -1.12. The Morgan fingerprint density at radius 2 is 1.71 bits per heavy atom. The first kappa shape index (κ1) is 10.4. The lowest BCUT2D eigenvalue weighted by Crippen LogP contribution is -2.29. The maximum atomic E-state index is 5.75. The van der Waals surface area contributed by atoms with E-state index >= 15 is 0 Å². The zero-order valence-corrected chi connectivity index (χ0v) is 11.3. The first-order valence-electron chi connectivity index (χ1n) is 4.89. The van der Waals surface area contributed by atoms with Gasteiger partial charge in [-0.05, 0) is 17.7 Å². The molecule has 0 amide bonds. The Bertz CT molecular complexity index is 328. The lowest BCUT2D eigenvalue weighted by Gasteiger charge is -2.11. The smallest absolute Gasteiger partial charge is 0.106 e. The number of hydrogen-bond acceptors (Lipinski definition) is 1. The molecule has 1 nitrogen and oxygen atoms in total. The Morgan fingerprint density at radius 3 is 2.14 bits per heavy atom. The van der Waals surface area contributed by atoms with Crippen LogP contribution >= 0.6 is 15.9 Å². The van der Waals surface area contributed by atoms with Gasteiger partial charge in [-0.1, -0.05) is 47.7 Å². The molecule has 1 saturated heterocycles. The van der Waals surface area contributed by atoms with Crippen LogP contribution in [0.1, 0.15) is 11.7 Å². The summed E-state index contributed by atoms with van der Waals surface area (Å²) in [6.07, 6.45) is 0.370. The third-order valence-electron chi connectivity index (χ3n) is 2.54. The van der Waals surface area contributed by atoms with Crippen LogP contribution in [0, 0.1) is 0 Å². The fraction of sp³-hybridized carbons (Fsp3) is 0.455. The summed E-state index contributed by atoms with van der Waals surface area (Å²) in [5, 5.41) is 0. The average Bonchev–Trinajstić information content (AvgIpc) is 2.83. The van der Waals surface area contributed by atoms with Crippen LogP contribution in [0.4, 0.5) is 0 Å². The fourth-order valence-corrected chi connectivity index (χ4v) is 3.60. The molecule has 0 saturated carbocycles. The van der Waals surface area contributed by atoms with Crippen LogP contribution in [-0.2, 0) is 4.74 Å². The van der Waals surface area contributed by atoms with Crippen molar-refractivity contribution >= 4 is 24.0 Å². The molecule has 0 N–H and O–H groups in total. The molecule has 3 heteroatoms. The molecule has 1 aliphatic heterocycles. The number of hydrogen-bond donors (Lipinski definition) is 0. The van der Waals surface area contributed by atoms with Crippen LogP contribution in [-0.4, -0.2) is 13.8 Å². The molecule has 1 heterocycles. The van der Waals surface area contributed by atoms with E-state index in [1.807, 2.05) is 0 Å². The summed E-state index contributed by atoms with van der Waals surface area (Å²) in [4.78, 5) is 0. The Balaban J connectivity index is 2.10. The van der Waals surface area contributed by atoms with Gasteiger partial charge < -0.3 is 4.74 Å². The third-order valence-corrected chi connectivity index (χ3v) is 5.22. The Morgan fingerprint density at radius 1 is 1.14 bits per heavy atom. The predicted octanol–water partition coefficient (Wildman–Crippen LogP) is 3.77. The summed E-state index contributed by atoms with van der Waals surface area (Å²) in [6.45, 7) is 7.07. The van der Waals surface area contributed by atoms with Crippen molar-refractivity contribution in [2.24, 2.45) is 0 Å². The van der Waals surface area contributed by atoms with Crippen LogP contribution < -0.4 is 0 Å². The summed E-state index contributed by atoms with van der Waals surface area (Å²) in [6, 6.07) is 8.46. The fourth-order valence-electron chi connectivity index (χ4n) is 1.68. The SMILES string of the molecule is C[Si](C)(C)[C@H]1O[C@H]1c1ccc(Br)cc1. The van der Waals surface area contributed by atoms with E-state index in [-0.39, 0.29) is 0 Å². The third kappa shape index (κ3) is 2.10. The van der Waals surface area contributed by atoms with Gasteiger partial charge in [-0.15, -0.1) is 0 Å². The second-order valence-corrected chi connectivity index (χ2v) is 11.1. The van der Waals surface area contributed by atoms with Crippen LogP contribution in [0.3, 0.4) is 0 Å². The average molecular weight is 271 g/mol. The van der Waals surface area contributed by atoms with Crippen molar-refractivity contribution in [2.45, 2.75) is 31.5 Å². The van der Waals surface area contributed by atoms with E-state index < -0.39 is 8.07 Å². The van der Waals surface area contributed by atoms with Crippen LogP contribution in [0.5, 0.6) is 0 Å². The van der Waals surface area contributed by atoms with Crippen molar-refractivity contribution in [3.05, 3.63) is 34.3 Å². The number of epoxide rings is 1. The van der Waals surface area contributed by atoms with Gasteiger partial charge in [0.1, 0.15) is 6.10 Å². The molecule has 0 unspecified atom stereocenters. The minimum absolute atomic E-state index is 0.370. The first-order chi connectivity index (χ1) is 6.48. The molecule has 1 aromatic carbocycles. The molecule has 0 aromatic heterocycles. The van der Waals surface area contributed by atoms with E-state index in [1.165, 1.54) is 5.56 Å². The van der Waals surface area contributed by atoms with E-state index in [4.69, 9.17) is 4.74 Å². The molecule has 2 atom stereocenters. The van der Waals surface area contributed by atoms with Gasteiger partial charge in [0.2, 0.25) is 0 Å². The second-order valence-electron chi connectivity index (χ2n) is 4.89. The minimum Gasteiger partial charge on any atom is -0.368 e. The van der Waals surface area contributed by atoms with E-state index in [1.54, 1.807) is 0 Å². The zero-order chi connectivity index (χ0) is 10.3. The first-order valence-corrected chi connectivity index (χ1v) is 9.26. The van der Waals surface area contributed by atoms with Crippen molar-refractivity contribution < 1.29 is 4.74 Å². The Kier molecular flexibility index (Phi) is 2.58. The highest BCUT2D eigenvalue weighted by molar-refractivity contribution is 9.10. The minimum atomic E-state index is -1.12. The van der Waals surface area contributed by atoms with E-state index in [2.05, 4.69) is 59.8 Å². The standard InChI is InChI=1S/C11H15BrOSi/c1-14(2,3)11-10(13-11)8-4-6-9(12)7-5-8/h4-7,10-11H,1-3H3/t10-,11+/m0/s1. The van der Waals surface area contributed by atoms with Crippen LogP contribution in [0.15, 0.2) is 28.7 Å². The van der Waals surface area contributed by atoms with Crippen LogP contribution in [0.25, 0.3) is 0 Å². The van der Waals surface area contributed by atoms with Crippen molar-refractivity contribution in [3.63, 3.8) is 0 Å². The maximum Gasteiger partial charge on any atom is 0.106 e. The molecule has 0 bridgehead atoms. The summed E-state index contributed by atoms with van der Waals surface area (Å²) < 4.78 is 6.88. The monoisotopic (exact) mass is 270 g/mol. The summed E-state index contributed by atoms with van der Waals surface area (Å²) >= 11 is 3.44.